The molecular formula is C14H28N2OS. The first-order valence-corrected chi connectivity index (χ1v) is 8.58. The van der Waals surface area contributed by atoms with Crippen molar-refractivity contribution in [2.75, 3.05) is 25.1 Å². The van der Waals surface area contributed by atoms with E-state index >= 15 is 0 Å². The molecule has 0 spiro atoms. The van der Waals surface area contributed by atoms with Crippen molar-refractivity contribution in [3.8, 4) is 0 Å². The SMILES string of the molecule is CCCC1(C(=O)NC(CC)CSC)CCNCC1. The second-order valence-electron chi connectivity index (χ2n) is 5.31. The lowest BCUT2D eigenvalue weighted by atomic mass is 9.74. The van der Waals surface area contributed by atoms with Crippen LogP contribution in [-0.2, 0) is 4.79 Å². The van der Waals surface area contributed by atoms with E-state index < -0.39 is 0 Å². The Labute approximate surface area is 116 Å². The second kappa shape index (κ2) is 8.05. The van der Waals surface area contributed by atoms with Crippen LogP contribution in [0.2, 0.25) is 0 Å². The van der Waals surface area contributed by atoms with E-state index in [-0.39, 0.29) is 5.41 Å². The first kappa shape index (κ1) is 15.8. The molecule has 1 aliphatic heterocycles. The number of hydrogen-bond donors (Lipinski definition) is 2. The van der Waals surface area contributed by atoms with Crippen LogP contribution in [0.25, 0.3) is 0 Å². The molecule has 1 rings (SSSR count). The van der Waals surface area contributed by atoms with Gasteiger partial charge in [0, 0.05) is 11.8 Å². The van der Waals surface area contributed by atoms with Gasteiger partial charge in [-0.1, -0.05) is 20.3 Å². The topological polar surface area (TPSA) is 41.1 Å². The zero-order valence-corrected chi connectivity index (χ0v) is 12.9. The zero-order valence-electron chi connectivity index (χ0n) is 12.1. The average molecular weight is 272 g/mol. The maximum absolute atomic E-state index is 12.6. The largest absolute Gasteiger partial charge is 0.352 e. The van der Waals surface area contributed by atoms with E-state index in [2.05, 4.69) is 30.7 Å². The molecule has 1 amide bonds. The van der Waals surface area contributed by atoms with Gasteiger partial charge in [0.15, 0.2) is 0 Å². The molecule has 1 atom stereocenters. The summed E-state index contributed by atoms with van der Waals surface area (Å²) in [5, 5.41) is 6.64. The molecule has 106 valence electrons. The van der Waals surface area contributed by atoms with Crippen molar-refractivity contribution in [2.45, 2.75) is 52.0 Å². The normalized spacial score (nSPS) is 20.4. The van der Waals surface area contributed by atoms with E-state index in [0.29, 0.717) is 11.9 Å². The quantitative estimate of drug-likeness (QED) is 0.748. The summed E-state index contributed by atoms with van der Waals surface area (Å²) in [6.07, 6.45) is 7.21. The van der Waals surface area contributed by atoms with Gasteiger partial charge in [0.2, 0.25) is 5.91 Å². The van der Waals surface area contributed by atoms with E-state index in [0.717, 1.165) is 50.9 Å². The third kappa shape index (κ3) is 4.16. The van der Waals surface area contributed by atoms with Crippen LogP contribution in [0.4, 0.5) is 0 Å². The molecule has 0 aromatic heterocycles. The molecule has 0 saturated carbocycles. The van der Waals surface area contributed by atoms with Crippen molar-refractivity contribution in [2.24, 2.45) is 5.41 Å². The molecule has 1 heterocycles. The fraction of sp³-hybridized carbons (Fsp3) is 0.929. The highest BCUT2D eigenvalue weighted by molar-refractivity contribution is 7.98. The van der Waals surface area contributed by atoms with Gasteiger partial charge in [-0.3, -0.25) is 4.79 Å². The molecule has 3 nitrogen and oxygen atoms in total. The second-order valence-corrected chi connectivity index (χ2v) is 6.22. The Morgan fingerprint density at radius 3 is 2.56 bits per heavy atom. The van der Waals surface area contributed by atoms with Crippen LogP contribution in [0.3, 0.4) is 0 Å². The fourth-order valence-electron chi connectivity index (χ4n) is 2.78. The third-order valence-electron chi connectivity index (χ3n) is 3.97. The summed E-state index contributed by atoms with van der Waals surface area (Å²) in [6.45, 7) is 6.28. The molecule has 0 aromatic rings. The van der Waals surface area contributed by atoms with Crippen LogP contribution in [0.15, 0.2) is 0 Å². The van der Waals surface area contributed by atoms with Gasteiger partial charge in [-0.05, 0) is 45.0 Å². The monoisotopic (exact) mass is 272 g/mol. The first-order chi connectivity index (χ1) is 8.68. The highest BCUT2D eigenvalue weighted by atomic mass is 32.2. The lowest BCUT2D eigenvalue weighted by molar-refractivity contribution is -0.133. The summed E-state index contributed by atoms with van der Waals surface area (Å²) in [7, 11) is 0. The van der Waals surface area contributed by atoms with E-state index in [1.807, 2.05) is 11.8 Å². The Balaban J connectivity index is 2.63. The van der Waals surface area contributed by atoms with Gasteiger partial charge in [0.05, 0.1) is 5.41 Å². The number of thioether (sulfide) groups is 1. The summed E-state index contributed by atoms with van der Waals surface area (Å²) >= 11 is 1.81. The van der Waals surface area contributed by atoms with Crippen molar-refractivity contribution in [1.82, 2.24) is 10.6 Å². The van der Waals surface area contributed by atoms with E-state index in [1.54, 1.807) is 0 Å². The van der Waals surface area contributed by atoms with Gasteiger partial charge >= 0.3 is 0 Å². The number of piperidine rings is 1. The number of nitrogens with one attached hydrogen (secondary N) is 2. The minimum Gasteiger partial charge on any atom is -0.352 e. The summed E-state index contributed by atoms with van der Waals surface area (Å²) < 4.78 is 0. The molecule has 18 heavy (non-hydrogen) atoms. The molecule has 0 aliphatic carbocycles. The maximum atomic E-state index is 12.6. The minimum absolute atomic E-state index is 0.105. The predicted molar refractivity (Wildman–Crippen MR) is 80.0 cm³/mol. The van der Waals surface area contributed by atoms with Crippen LogP contribution in [0.5, 0.6) is 0 Å². The fourth-order valence-corrected chi connectivity index (χ4v) is 3.50. The number of hydrogen-bond acceptors (Lipinski definition) is 3. The van der Waals surface area contributed by atoms with E-state index in [1.165, 1.54) is 0 Å². The Bertz CT molecular complexity index is 247. The molecule has 4 heteroatoms. The van der Waals surface area contributed by atoms with Gasteiger partial charge in [0.1, 0.15) is 0 Å². The number of rotatable bonds is 7. The molecular weight excluding hydrogens is 244 g/mol. The maximum Gasteiger partial charge on any atom is 0.226 e. The van der Waals surface area contributed by atoms with Gasteiger partial charge in [-0.15, -0.1) is 0 Å². The number of amides is 1. The molecule has 0 aromatic carbocycles. The smallest absolute Gasteiger partial charge is 0.226 e. The van der Waals surface area contributed by atoms with Gasteiger partial charge in [0.25, 0.3) is 0 Å². The van der Waals surface area contributed by atoms with Crippen LogP contribution >= 0.6 is 11.8 Å². The Hall–Kier alpha value is -0.220. The van der Waals surface area contributed by atoms with E-state index in [9.17, 15) is 4.79 Å². The molecule has 1 fully saturated rings. The van der Waals surface area contributed by atoms with Gasteiger partial charge in [-0.2, -0.15) is 11.8 Å². The van der Waals surface area contributed by atoms with Crippen LogP contribution in [-0.4, -0.2) is 37.0 Å². The molecule has 1 unspecified atom stereocenters. The highest BCUT2D eigenvalue weighted by Gasteiger charge is 2.38. The highest BCUT2D eigenvalue weighted by Crippen LogP contribution is 2.34. The lowest BCUT2D eigenvalue weighted by Gasteiger charge is -2.37. The summed E-state index contributed by atoms with van der Waals surface area (Å²) in [5.41, 5.74) is -0.105. The predicted octanol–water partition coefficient (Wildman–Crippen LogP) is 2.41. The van der Waals surface area contributed by atoms with Crippen molar-refractivity contribution in [3.63, 3.8) is 0 Å². The van der Waals surface area contributed by atoms with Crippen LogP contribution in [0.1, 0.15) is 46.0 Å². The molecule has 0 radical (unpaired) electrons. The Morgan fingerprint density at radius 1 is 1.39 bits per heavy atom. The summed E-state index contributed by atoms with van der Waals surface area (Å²) in [4.78, 5) is 12.6. The van der Waals surface area contributed by atoms with Crippen molar-refractivity contribution in [1.29, 1.82) is 0 Å². The molecule has 2 N–H and O–H groups in total. The van der Waals surface area contributed by atoms with Crippen molar-refractivity contribution < 1.29 is 4.79 Å². The van der Waals surface area contributed by atoms with E-state index in [4.69, 9.17) is 0 Å². The molecule has 1 aliphatic rings. The first-order valence-electron chi connectivity index (χ1n) is 7.19. The average Bonchev–Trinajstić information content (AvgIpc) is 2.39. The third-order valence-corrected chi connectivity index (χ3v) is 4.70. The number of carbonyl (C=O) groups is 1. The summed E-state index contributed by atoms with van der Waals surface area (Å²) in [6, 6.07) is 0.330. The Morgan fingerprint density at radius 2 is 2.06 bits per heavy atom. The van der Waals surface area contributed by atoms with Crippen LogP contribution in [0, 0.1) is 5.41 Å². The molecule has 0 bridgehead atoms. The van der Waals surface area contributed by atoms with Crippen LogP contribution < -0.4 is 10.6 Å². The minimum atomic E-state index is -0.105. The number of carbonyl (C=O) groups excluding carboxylic acids is 1. The van der Waals surface area contributed by atoms with Crippen molar-refractivity contribution in [3.05, 3.63) is 0 Å². The van der Waals surface area contributed by atoms with Gasteiger partial charge < -0.3 is 10.6 Å². The van der Waals surface area contributed by atoms with Gasteiger partial charge in [-0.25, -0.2) is 0 Å². The Kier molecular flexibility index (Phi) is 7.08. The zero-order chi connectivity index (χ0) is 13.4. The van der Waals surface area contributed by atoms with Crippen molar-refractivity contribution >= 4 is 17.7 Å². The molecule has 1 saturated heterocycles. The lowest BCUT2D eigenvalue weighted by Crippen LogP contribution is -2.50. The summed E-state index contributed by atoms with van der Waals surface area (Å²) in [5.74, 6) is 1.31. The standard InChI is InChI=1S/C14H28N2OS/c1-4-6-14(7-9-15-10-8-14)13(17)16-12(5-2)11-18-3/h12,15H,4-11H2,1-3H3,(H,16,17).